The second-order valence-electron chi connectivity index (χ2n) is 7.69. The molecule has 2 aliphatic rings. The summed E-state index contributed by atoms with van der Waals surface area (Å²) in [5, 5.41) is 2.95. The highest BCUT2D eigenvalue weighted by Gasteiger charge is 2.40. The Labute approximate surface area is 160 Å². The van der Waals surface area contributed by atoms with Gasteiger partial charge in [0.2, 0.25) is 5.91 Å². The van der Waals surface area contributed by atoms with Gasteiger partial charge in [-0.05, 0) is 38.8 Å². The number of benzene rings is 1. The van der Waals surface area contributed by atoms with Crippen LogP contribution in [0.3, 0.4) is 0 Å². The van der Waals surface area contributed by atoms with Crippen LogP contribution in [0.2, 0.25) is 0 Å². The first-order valence-corrected chi connectivity index (χ1v) is 11.0. The fourth-order valence-corrected chi connectivity index (χ4v) is 6.22. The third-order valence-corrected chi connectivity index (χ3v) is 7.36. The zero-order valence-corrected chi connectivity index (χ0v) is 17.0. The van der Waals surface area contributed by atoms with Crippen LogP contribution in [-0.2, 0) is 14.6 Å². The van der Waals surface area contributed by atoms with Gasteiger partial charge in [-0.15, -0.1) is 0 Å². The molecule has 1 amide bonds. The van der Waals surface area contributed by atoms with Gasteiger partial charge < -0.3 is 14.8 Å². The molecule has 0 bridgehead atoms. The fourth-order valence-electron chi connectivity index (χ4n) is 4.13. The summed E-state index contributed by atoms with van der Waals surface area (Å²) >= 11 is 0. The Kier molecular flexibility index (Phi) is 5.67. The molecule has 1 aromatic carbocycles. The average molecular weight is 397 g/mol. The molecule has 2 heterocycles. The summed E-state index contributed by atoms with van der Waals surface area (Å²) in [7, 11) is 0.193. The first-order valence-electron chi connectivity index (χ1n) is 9.23. The molecule has 27 heavy (non-hydrogen) atoms. The van der Waals surface area contributed by atoms with Crippen molar-refractivity contribution in [1.29, 1.82) is 0 Å². The Morgan fingerprint density at radius 3 is 2.74 bits per heavy atom. The highest BCUT2D eigenvalue weighted by atomic mass is 32.2. The minimum Gasteiger partial charge on any atom is -0.497 e. The molecule has 8 heteroatoms. The number of sulfone groups is 1. The Hall–Kier alpha value is -1.80. The second-order valence-corrected chi connectivity index (χ2v) is 9.87. The van der Waals surface area contributed by atoms with Gasteiger partial charge in [0.05, 0.1) is 37.8 Å². The molecular formula is C19H28N2O5S. The maximum absolute atomic E-state index is 12.6. The molecule has 1 aromatic rings. The third kappa shape index (κ3) is 4.55. The van der Waals surface area contributed by atoms with E-state index in [1.807, 2.05) is 25.1 Å². The minimum atomic E-state index is -3.05. The predicted molar refractivity (Wildman–Crippen MR) is 103 cm³/mol. The monoisotopic (exact) mass is 396 g/mol. The predicted octanol–water partition coefficient (Wildman–Crippen LogP) is 1.53. The topological polar surface area (TPSA) is 84.9 Å². The molecule has 0 saturated carbocycles. The van der Waals surface area contributed by atoms with E-state index in [2.05, 4.69) is 10.2 Å². The zero-order valence-electron chi connectivity index (χ0n) is 16.2. The highest BCUT2D eigenvalue weighted by molar-refractivity contribution is 7.91. The summed E-state index contributed by atoms with van der Waals surface area (Å²) < 4.78 is 34.3. The number of hydrogen-bond acceptors (Lipinski definition) is 6. The molecule has 2 fully saturated rings. The Morgan fingerprint density at radius 1 is 1.33 bits per heavy atom. The third-order valence-electron chi connectivity index (χ3n) is 5.45. The van der Waals surface area contributed by atoms with Gasteiger partial charge in [-0.1, -0.05) is 6.07 Å². The lowest BCUT2D eigenvalue weighted by Gasteiger charge is -2.29. The second kappa shape index (κ2) is 7.67. The van der Waals surface area contributed by atoms with E-state index in [0.717, 1.165) is 36.4 Å². The molecule has 3 rings (SSSR count). The number of carbonyl (C=O) groups is 1. The molecule has 2 atom stereocenters. The number of likely N-dealkylation sites (tertiary alicyclic amines) is 1. The number of nitrogens with one attached hydrogen (secondary N) is 1. The van der Waals surface area contributed by atoms with Crippen molar-refractivity contribution in [3.63, 3.8) is 0 Å². The lowest BCUT2D eigenvalue weighted by molar-refractivity contribution is -0.124. The maximum atomic E-state index is 12.6. The van der Waals surface area contributed by atoms with Crippen molar-refractivity contribution >= 4 is 15.7 Å². The molecule has 0 aromatic heterocycles. The van der Waals surface area contributed by atoms with Gasteiger partial charge in [0.1, 0.15) is 11.5 Å². The van der Waals surface area contributed by atoms with Crippen molar-refractivity contribution in [3.8, 4) is 11.5 Å². The normalized spacial score (nSPS) is 27.4. The van der Waals surface area contributed by atoms with Crippen molar-refractivity contribution in [3.05, 3.63) is 23.8 Å². The molecule has 0 unspecified atom stereocenters. The molecule has 150 valence electrons. The quantitative estimate of drug-likeness (QED) is 0.785. The number of rotatable bonds is 6. The van der Waals surface area contributed by atoms with E-state index in [0.29, 0.717) is 6.42 Å². The minimum absolute atomic E-state index is 0.0153. The van der Waals surface area contributed by atoms with Crippen molar-refractivity contribution in [2.24, 2.45) is 0 Å². The van der Waals surface area contributed by atoms with Gasteiger partial charge >= 0.3 is 0 Å². The van der Waals surface area contributed by atoms with E-state index in [9.17, 15) is 13.2 Å². The molecule has 1 N–H and O–H groups in total. The molecule has 0 aliphatic carbocycles. The highest BCUT2D eigenvalue weighted by Crippen LogP contribution is 2.38. The van der Waals surface area contributed by atoms with Crippen LogP contribution in [0, 0.1) is 0 Å². The zero-order chi connectivity index (χ0) is 19.7. The standard InChI is InChI=1S/C19H28N2O5S/c1-19(8-10-27(23,24)13-19)20-18(22)12-21-9-4-5-16(21)15-7-6-14(25-2)11-17(15)26-3/h6-7,11,16H,4-5,8-10,12-13H2,1-3H3,(H,20,22)/t16-,19+/m0/s1. The first kappa shape index (κ1) is 19.9. The van der Waals surface area contributed by atoms with Crippen LogP contribution < -0.4 is 14.8 Å². The van der Waals surface area contributed by atoms with Gasteiger partial charge in [-0.3, -0.25) is 9.69 Å². The summed E-state index contributed by atoms with van der Waals surface area (Å²) in [6.07, 6.45) is 2.41. The SMILES string of the molecule is COc1ccc([C@@H]2CCCN2CC(=O)N[C@]2(C)CCS(=O)(=O)C2)c(OC)c1. The number of hydrogen-bond donors (Lipinski definition) is 1. The van der Waals surface area contributed by atoms with E-state index in [-0.39, 0.29) is 30.0 Å². The number of nitrogens with zero attached hydrogens (tertiary/aromatic N) is 1. The molecule has 2 saturated heterocycles. The van der Waals surface area contributed by atoms with Gasteiger partial charge in [0.25, 0.3) is 0 Å². The van der Waals surface area contributed by atoms with Crippen molar-refractivity contribution in [2.75, 3.05) is 38.8 Å². The molecule has 7 nitrogen and oxygen atoms in total. The van der Waals surface area contributed by atoms with Crippen LogP contribution in [0.25, 0.3) is 0 Å². The van der Waals surface area contributed by atoms with Gasteiger partial charge in [0, 0.05) is 17.7 Å². The smallest absolute Gasteiger partial charge is 0.234 e. The maximum Gasteiger partial charge on any atom is 0.234 e. The number of methoxy groups -OCH3 is 2. The molecule has 0 radical (unpaired) electrons. The summed E-state index contributed by atoms with van der Waals surface area (Å²) in [6.45, 7) is 2.88. The molecule has 0 spiro atoms. The van der Waals surface area contributed by atoms with Crippen LogP contribution in [0.4, 0.5) is 0 Å². The molecule has 2 aliphatic heterocycles. The van der Waals surface area contributed by atoms with Gasteiger partial charge in [-0.2, -0.15) is 0 Å². The van der Waals surface area contributed by atoms with Crippen molar-refractivity contribution in [1.82, 2.24) is 10.2 Å². The molecular weight excluding hydrogens is 368 g/mol. The number of carbonyl (C=O) groups excluding carboxylic acids is 1. The van der Waals surface area contributed by atoms with E-state index in [1.54, 1.807) is 14.2 Å². The summed E-state index contributed by atoms with van der Waals surface area (Å²) in [6, 6.07) is 5.84. The van der Waals surface area contributed by atoms with Crippen LogP contribution in [0.1, 0.15) is 37.8 Å². The van der Waals surface area contributed by atoms with Gasteiger partial charge in [-0.25, -0.2) is 8.42 Å². The lowest BCUT2D eigenvalue weighted by atomic mass is 10.0. The van der Waals surface area contributed by atoms with Crippen LogP contribution in [0.15, 0.2) is 18.2 Å². The van der Waals surface area contributed by atoms with E-state index in [4.69, 9.17) is 9.47 Å². The fraction of sp³-hybridized carbons (Fsp3) is 0.632. The lowest BCUT2D eigenvalue weighted by Crippen LogP contribution is -2.50. The number of amides is 1. The van der Waals surface area contributed by atoms with Crippen molar-refractivity contribution < 1.29 is 22.7 Å². The van der Waals surface area contributed by atoms with Crippen LogP contribution >= 0.6 is 0 Å². The van der Waals surface area contributed by atoms with E-state index >= 15 is 0 Å². The van der Waals surface area contributed by atoms with Gasteiger partial charge in [0.15, 0.2) is 9.84 Å². The first-order chi connectivity index (χ1) is 12.8. The van der Waals surface area contributed by atoms with Crippen LogP contribution in [0.5, 0.6) is 11.5 Å². The Bertz CT molecular complexity index is 810. The largest absolute Gasteiger partial charge is 0.497 e. The van der Waals surface area contributed by atoms with Crippen LogP contribution in [-0.4, -0.2) is 63.6 Å². The number of ether oxygens (including phenoxy) is 2. The van der Waals surface area contributed by atoms with Crippen molar-refractivity contribution in [2.45, 2.75) is 37.8 Å². The average Bonchev–Trinajstić information content (AvgIpc) is 3.17. The summed E-state index contributed by atoms with van der Waals surface area (Å²) in [5.41, 5.74) is 0.376. The Morgan fingerprint density at radius 2 is 2.11 bits per heavy atom. The summed E-state index contributed by atoms with van der Waals surface area (Å²) in [5.74, 6) is 1.50. The van der Waals surface area contributed by atoms with E-state index < -0.39 is 15.4 Å². The summed E-state index contributed by atoms with van der Waals surface area (Å²) in [4.78, 5) is 14.7. The Balaban J connectivity index is 1.69. The van der Waals surface area contributed by atoms with E-state index in [1.165, 1.54) is 0 Å².